The molecule has 0 atom stereocenters. The molecule has 5 heteroatoms. The summed E-state index contributed by atoms with van der Waals surface area (Å²) in [5, 5.41) is 3.74. The van der Waals surface area contributed by atoms with Crippen LogP contribution in [0.3, 0.4) is 0 Å². The van der Waals surface area contributed by atoms with E-state index in [1.807, 2.05) is 29.0 Å². The molecule has 1 aromatic carbocycles. The summed E-state index contributed by atoms with van der Waals surface area (Å²) in [4.78, 5) is 16.2. The van der Waals surface area contributed by atoms with Crippen LogP contribution in [0.5, 0.6) is 0 Å². The van der Waals surface area contributed by atoms with Crippen LogP contribution in [0, 0.1) is 0 Å². The Morgan fingerprint density at radius 2 is 2.11 bits per heavy atom. The molecule has 1 aromatic heterocycles. The number of nitrogens with zero attached hydrogens (tertiary/aromatic N) is 2. The fourth-order valence-electron chi connectivity index (χ4n) is 1.74. The largest absolute Gasteiger partial charge is 0.465 e. The number of carbonyl (C=O) groups is 1. The van der Waals surface area contributed by atoms with Gasteiger partial charge >= 0.3 is 5.97 Å². The topological polar surface area (TPSA) is 52.8 Å². The number of benzene rings is 1. The molecule has 0 aliphatic heterocycles. The Labute approximate surface area is 111 Å². The van der Waals surface area contributed by atoms with E-state index in [2.05, 4.69) is 9.99 Å². The fourth-order valence-corrected chi connectivity index (χ4v) is 1.74. The maximum Gasteiger partial charge on any atom is 0.337 e. The third kappa shape index (κ3) is 2.82. The van der Waals surface area contributed by atoms with Crippen LogP contribution in [0.4, 0.5) is 0 Å². The quantitative estimate of drug-likeness (QED) is 0.480. The molecule has 0 N–H and O–H groups in total. The molecule has 2 rings (SSSR count). The van der Waals surface area contributed by atoms with E-state index < -0.39 is 0 Å². The maximum absolute atomic E-state index is 11.5. The normalized spacial score (nSPS) is 10.6. The second-order valence-corrected chi connectivity index (χ2v) is 3.76. The molecule has 0 aliphatic rings. The Morgan fingerprint density at radius 3 is 2.84 bits per heavy atom. The van der Waals surface area contributed by atoms with Crippen molar-refractivity contribution in [3.63, 3.8) is 0 Å². The lowest BCUT2D eigenvalue weighted by Gasteiger charge is -2.07. The summed E-state index contributed by atoms with van der Waals surface area (Å²) in [5.41, 5.74) is 2.21. The standard InChI is InChI=1S/C14H14N2O3/c1-18-14(17)11-5-3-6-12(9-11)16-8-4-7-13(16)10-15-19-2/h3-10H,1-2H3/b15-10+. The number of hydrogen-bond acceptors (Lipinski definition) is 4. The van der Waals surface area contributed by atoms with Crippen molar-refractivity contribution < 1.29 is 14.4 Å². The van der Waals surface area contributed by atoms with Crippen molar-refractivity contribution in [2.24, 2.45) is 5.16 Å². The van der Waals surface area contributed by atoms with Gasteiger partial charge in [-0.25, -0.2) is 4.79 Å². The number of aromatic nitrogens is 1. The zero-order valence-electron chi connectivity index (χ0n) is 10.7. The number of hydrogen-bond donors (Lipinski definition) is 0. The van der Waals surface area contributed by atoms with Gasteiger partial charge in [-0.1, -0.05) is 11.2 Å². The maximum atomic E-state index is 11.5. The molecule has 0 amide bonds. The molecule has 0 bridgehead atoms. The summed E-state index contributed by atoms with van der Waals surface area (Å²) < 4.78 is 6.61. The molecule has 0 spiro atoms. The average Bonchev–Trinajstić information content (AvgIpc) is 2.92. The van der Waals surface area contributed by atoms with Gasteiger partial charge in [0.2, 0.25) is 0 Å². The number of carbonyl (C=O) groups excluding carboxylic acids is 1. The van der Waals surface area contributed by atoms with Gasteiger partial charge in [0.05, 0.1) is 24.6 Å². The Bertz CT molecular complexity index is 602. The Morgan fingerprint density at radius 1 is 1.26 bits per heavy atom. The molecular weight excluding hydrogens is 244 g/mol. The first-order valence-electron chi connectivity index (χ1n) is 5.69. The van der Waals surface area contributed by atoms with E-state index in [1.165, 1.54) is 14.2 Å². The monoisotopic (exact) mass is 258 g/mol. The van der Waals surface area contributed by atoms with Crippen LogP contribution in [0.15, 0.2) is 47.8 Å². The molecule has 0 radical (unpaired) electrons. The molecule has 5 nitrogen and oxygen atoms in total. The first kappa shape index (κ1) is 12.9. The van der Waals surface area contributed by atoms with Crippen LogP contribution in [0.2, 0.25) is 0 Å². The van der Waals surface area contributed by atoms with Crippen molar-refractivity contribution in [2.45, 2.75) is 0 Å². The van der Waals surface area contributed by atoms with E-state index in [0.29, 0.717) is 5.56 Å². The highest BCUT2D eigenvalue weighted by Crippen LogP contribution is 2.14. The van der Waals surface area contributed by atoms with Gasteiger partial charge in [0.1, 0.15) is 7.11 Å². The average molecular weight is 258 g/mol. The zero-order valence-corrected chi connectivity index (χ0v) is 10.7. The van der Waals surface area contributed by atoms with Crippen molar-refractivity contribution in [3.8, 4) is 5.69 Å². The van der Waals surface area contributed by atoms with Gasteiger partial charge in [0.25, 0.3) is 0 Å². The van der Waals surface area contributed by atoms with Gasteiger partial charge in [0, 0.05) is 11.9 Å². The lowest BCUT2D eigenvalue weighted by atomic mass is 10.2. The second kappa shape index (κ2) is 5.86. The Kier molecular flexibility index (Phi) is 3.97. The van der Waals surface area contributed by atoms with Crippen molar-refractivity contribution >= 4 is 12.2 Å². The smallest absolute Gasteiger partial charge is 0.337 e. The summed E-state index contributed by atoms with van der Waals surface area (Å²) in [7, 11) is 2.85. The van der Waals surface area contributed by atoms with E-state index in [0.717, 1.165) is 11.4 Å². The first-order valence-corrected chi connectivity index (χ1v) is 5.69. The first-order chi connectivity index (χ1) is 9.26. The molecule has 19 heavy (non-hydrogen) atoms. The molecule has 0 unspecified atom stereocenters. The summed E-state index contributed by atoms with van der Waals surface area (Å²) in [6.45, 7) is 0. The molecule has 0 fully saturated rings. The highest BCUT2D eigenvalue weighted by atomic mass is 16.6. The molecule has 1 heterocycles. The predicted molar refractivity (Wildman–Crippen MR) is 71.7 cm³/mol. The van der Waals surface area contributed by atoms with Crippen LogP contribution in [-0.2, 0) is 9.57 Å². The minimum absolute atomic E-state index is 0.360. The number of esters is 1. The van der Waals surface area contributed by atoms with Gasteiger partial charge in [0.15, 0.2) is 0 Å². The van der Waals surface area contributed by atoms with Crippen LogP contribution in [-0.4, -0.2) is 31.0 Å². The summed E-state index contributed by atoms with van der Waals surface area (Å²) in [6, 6.07) is 11.0. The van der Waals surface area contributed by atoms with Gasteiger partial charge in [-0.2, -0.15) is 0 Å². The van der Waals surface area contributed by atoms with E-state index in [9.17, 15) is 4.79 Å². The molecule has 2 aromatic rings. The van der Waals surface area contributed by atoms with Crippen molar-refractivity contribution in [3.05, 3.63) is 53.9 Å². The van der Waals surface area contributed by atoms with E-state index in [4.69, 9.17) is 4.74 Å². The molecule has 0 saturated carbocycles. The highest BCUT2D eigenvalue weighted by Gasteiger charge is 2.07. The van der Waals surface area contributed by atoms with Crippen molar-refractivity contribution in [1.29, 1.82) is 0 Å². The lowest BCUT2D eigenvalue weighted by molar-refractivity contribution is 0.0600. The second-order valence-electron chi connectivity index (χ2n) is 3.76. The summed E-state index contributed by atoms with van der Waals surface area (Å²) in [6.07, 6.45) is 3.48. The Balaban J connectivity index is 2.39. The van der Waals surface area contributed by atoms with Crippen LogP contribution >= 0.6 is 0 Å². The number of methoxy groups -OCH3 is 1. The third-order valence-corrected chi connectivity index (χ3v) is 2.62. The number of oxime groups is 1. The SMILES string of the molecule is CO/N=C/c1cccn1-c1cccc(C(=O)OC)c1. The highest BCUT2D eigenvalue weighted by molar-refractivity contribution is 5.90. The van der Waals surface area contributed by atoms with Gasteiger partial charge < -0.3 is 14.1 Å². The summed E-state index contributed by atoms with van der Waals surface area (Å²) in [5.74, 6) is -0.360. The van der Waals surface area contributed by atoms with Crippen molar-refractivity contribution in [1.82, 2.24) is 4.57 Å². The number of ether oxygens (including phenoxy) is 1. The molecule has 0 aliphatic carbocycles. The predicted octanol–water partition coefficient (Wildman–Crippen LogP) is 2.24. The lowest BCUT2D eigenvalue weighted by Crippen LogP contribution is -2.04. The Hall–Kier alpha value is -2.56. The van der Waals surface area contributed by atoms with Crippen molar-refractivity contribution in [2.75, 3.05) is 14.2 Å². The molecule has 0 saturated heterocycles. The summed E-state index contributed by atoms with van der Waals surface area (Å²) >= 11 is 0. The van der Waals surface area contributed by atoms with Crippen LogP contribution in [0.25, 0.3) is 5.69 Å². The van der Waals surface area contributed by atoms with Crippen LogP contribution < -0.4 is 0 Å². The number of rotatable bonds is 4. The minimum atomic E-state index is -0.360. The van der Waals surface area contributed by atoms with E-state index in [1.54, 1.807) is 24.4 Å². The minimum Gasteiger partial charge on any atom is -0.465 e. The van der Waals surface area contributed by atoms with Gasteiger partial charge in [-0.3, -0.25) is 0 Å². The van der Waals surface area contributed by atoms with Gasteiger partial charge in [-0.15, -0.1) is 0 Å². The van der Waals surface area contributed by atoms with E-state index >= 15 is 0 Å². The van der Waals surface area contributed by atoms with E-state index in [-0.39, 0.29) is 5.97 Å². The third-order valence-electron chi connectivity index (χ3n) is 2.62. The molecular formula is C14H14N2O3. The van der Waals surface area contributed by atoms with Crippen LogP contribution in [0.1, 0.15) is 16.1 Å². The zero-order chi connectivity index (χ0) is 13.7. The van der Waals surface area contributed by atoms with Gasteiger partial charge in [-0.05, 0) is 30.3 Å². The molecule has 98 valence electrons. The fraction of sp³-hybridized carbons (Fsp3) is 0.143.